The zero-order chi connectivity index (χ0) is 21.1. The van der Waals surface area contributed by atoms with Crippen LogP contribution in [-0.2, 0) is 32.3 Å². The molecule has 1 N–H and O–H groups in total. The minimum Gasteiger partial charge on any atom is -0.459 e. The zero-order valence-corrected chi connectivity index (χ0v) is 15.7. The molecule has 0 amide bonds. The first-order chi connectivity index (χ1) is 13.6. The van der Waals surface area contributed by atoms with Crippen molar-refractivity contribution >= 4 is 21.6 Å². The number of nitrogens with one attached hydrogen (secondary N) is 1. The SMILES string of the molecule is O=C(CCNS(=O)(=O)c1cccc(C(F)(F)F)c1)OCc1cn2ccccc2n1. The Labute approximate surface area is 164 Å². The van der Waals surface area contributed by atoms with E-state index in [0.29, 0.717) is 17.4 Å². The van der Waals surface area contributed by atoms with E-state index in [1.54, 1.807) is 22.9 Å². The predicted molar refractivity (Wildman–Crippen MR) is 96.2 cm³/mol. The second-order valence-corrected chi connectivity index (χ2v) is 7.80. The summed E-state index contributed by atoms with van der Waals surface area (Å²) in [5, 5.41) is 0. The Hall–Kier alpha value is -2.92. The monoisotopic (exact) mass is 427 g/mol. The lowest BCUT2D eigenvalue weighted by Gasteiger charge is -2.10. The van der Waals surface area contributed by atoms with Gasteiger partial charge in [-0.15, -0.1) is 0 Å². The number of fused-ring (bicyclic) bond motifs is 1. The van der Waals surface area contributed by atoms with Crippen molar-refractivity contribution in [1.82, 2.24) is 14.1 Å². The molecule has 0 radical (unpaired) electrons. The number of nitrogens with zero attached hydrogens (tertiary/aromatic N) is 2. The van der Waals surface area contributed by atoms with Gasteiger partial charge in [-0.1, -0.05) is 12.1 Å². The van der Waals surface area contributed by atoms with E-state index in [1.807, 2.05) is 12.1 Å². The van der Waals surface area contributed by atoms with Gasteiger partial charge in [-0.25, -0.2) is 18.1 Å². The highest BCUT2D eigenvalue weighted by molar-refractivity contribution is 7.89. The van der Waals surface area contributed by atoms with Crippen molar-refractivity contribution in [3.05, 3.63) is 66.1 Å². The lowest BCUT2D eigenvalue weighted by atomic mass is 10.2. The Morgan fingerprint density at radius 3 is 2.69 bits per heavy atom. The maximum absolute atomic E-state index is 12.7. The Morgan fingerprint density at radius 2 is 1.97 bits per heavy atom. The molecule has 0 aliphatic carbocycles. The minimum atomic E-state index is -4.66. The van der Waals surface area contributed by atoms with Crippen molar-refractivity contribution < 1.29 is 31.1 Å². The smallest absolute Gasteiger partial charge is 0.416 e. The largest absolute Gasteiger partial charge is 0.459 e. The van der Waals surface area contributed by atoms with Crippen LogP contribution in [-0.4, -0.2) is 30.3 Å². The van der Waals surface area contributed by atoms with Crippen molar-refractivity contribution in [3.8, 4) is 0 Å². The van der Waals surface area contributed by atoms with Gasteiger partial charge < -0.3 is 9.14 Å². The van der Waals surface area contributed by atoms with E-state index >= 15 is 0 Å². The van der Waals surface area contributed by atoms with Gasteiger partial charge in [0, 0.05) is 18.9 Å². The van der Waals surface area contributed by atoms with Gasteiger partial charge in [-0.05, 0) is 30.3 Å². The predicted octanol–water partition coefficient (Wildman–Crippen LogP) is 2.76. The van der Waals surface area contributed by atoms with E-state index < -0.39 is 32.6 Å². The van der Waals surface area contributed by atoms with Crippen molar-refractivity contribution in [2.45, 2.75) is 24.1 Å². The minimum absolute atomic E-state index is 0.0824. The number of rotatable bonds is 7. The quantitative estimate of drug-likeness (QED) is 0.586. The van der Waals surface area contributed by atoms with Gasteiger partial charge >= 0.3 is 12.1 Å². The number of halogens is 3. The van der Waals surface area contributed by atoms with Crippen LogP contribution < -0.4 is 4.72 Å². The van der Waals surface area contributed by atoms with E-state index in [4.69, 9.17) is 4.74 Å². The fourth-order valence-corrected chi connectivity index (χ4v) is 3.57. The number of alkyl halides is 3. The molecule has 0 aliphatic heterocycles. The summed E-state index contributed by atoms with van der Waals surface area (Å²) < 4.78 is 71.3. The Kier molecular flexibility index (Phi) is 5.89. The standard InChI is InChI=1S/C18H16F3N3O4S/c19-18(20,21)13-4-3-5-15(10-13)29(26,27)22-8-7-17(25)28-12-14-11-24-9-2-1-6-16(24)23-14/h1-6,9-11,22H,7-8,12H2. The first-order valence-electron chi connectivity index (χ1n) is 8.40. The number of imidazole rings is 1. The van der Waals surface area contributed by atoms with Crippen LogP contribution in [0.25, 0.3) is 5.65 Å². The summed E-state index contributed by atoms with van der Waals surface area (Å²) in [5.74, 6) is -0.672. The maximum atomic E-state index is 12.7. The number of hydrogen-bond acceptors (Lipinski definition) is 5. The number of benzene rings is 1. The van der Waals surface area contributed by atoms with Crippen LogP contribution in [0.2, 0.25) is 0 Å². The summed E-state index contributed by atoms with van der Waals surface area (Å²) in [6.45, 7) is -0.399. The lowest BCUT2D eigenvalue weighted by molar-refractivity contribution is -0.144. The van der Waals surface area contributed by atoms with Gasteiger partial charge in [0.05, 0.1) is 22.6 Å². The molecule has 0 saturated carbocycles. The number of carbonyl (C=O) groups excluding carboxylic acids is 1. The average Bonchev–Trinajstić information content (AvgIpc) is 3.09. The van der Waals surface area contributed by atoms with Gasteiger partial charge in [0.15, 0.2) is 0 Å². The van der Waals surface area contributed by atoms with Crippen LogP contribution in [0, 0.1) is 0 Å². The normalized spacial score (nSPS) is 12.2. The third kappa shape index (κ3) is 5.33. The highest BCUT2D eigenvalue weighted by atomic mass is 32.2. The first kappa shape index (κ1) is 20.8. The molecule has 0 saturated heterocycles. The molecule has 0 unspecified atom stereocenters. The molecule has 154 valence electrons. The Bertz CT molecular complexity index is 1090. The van der Waals surface area contributed by atoms with Gasteiger partial charge in [0.2, 0.25) is 10.0 Å². The number of esters is 1. The number of aromatic nitrogens is 2. The number of hydrogen-bond donors (Lipinski definition) is 1. The summed E-state index contributed by atoms with van der Waals surface area (Å²) >= 11 is 0. The molecule has 2 aromatic heterocycles. The highest BCUT2D eigenvalue weighted by Crippen LogP contribution is 2.30. The Balaban J connectivity index is 1.51. The van der Waals surface area contributed by atoms with Gasteiger partial charge in [0.25, 0.3) is 0 Å². The highest BCUT2D eigenvalue weighted by Gasteiger charge is 2.31. The summed E-state index contributed by atoms with van der Waals surface area (Å²) in [5.41, 5.74) is 0.133. The van der Waals surface area contributed by atoms with E-state index in [2.05, 4.69) is 9.71 Å². The molecule has 29 heavy (non-hydrogen) atoms. The number of ether oxygens (including phenoxy) is 1. The average molecular weight is 427 g/mol. The van der Waals surface area contributed by atoms with Crippen LogP contribution >= 0.6 is 0 Å². The van der Waals surface area contributed by atoms with Crippen LogP contribution in [0.5, 0.6) is 0 Å². The zero-order valence-electron chi connectivity index (χ0n) is 14.9. The topological polar surface area (TPSA) is 89.8 Å². The van der Waals surface area contributed by atoms with Crippen LogP contribution in [0.3, 0.4) is 0 Å². The summed E-state index contributed by atoms with van der Waals surface area (Å²) in [4.78, 5) is 15.5. The van der Waals surface area contributed by atoms with Crippen molar-refractivity contribution in [2.75, 3.05) is 6.54 Å². The molecule has 1 aromatic carbocycles. The summed E-state index contributed by atoms with van der Waals surface area (Å²) in [6.07, 6.45) is -1.46. The molecule has 0 bridgehead atoms. The number of carbonyl (C=O) groups is 1. The summed E-state index contributed by atoms with van der Waals surface area (Å²) in [7, 11) is -4.20. The molecule has 0 aliphatic rings. The fourth-order valence-electron chi connectivity index (χ4n) is 2.49. The molecular weight excluding hydrogens is 411 g/mol. The lowest BCUT2D eigenvalue weighted by Crippen LogP contribution is -2.27. The molecule has 2 heterocycles. The second kappa shape index (κ2) is 8.21. The molecule has 3 aromatic rings. The maximum Gasteiger partial charge on any atom is 0.416 e. The van der Waals surface area contributed by atoms with Crippen LogP contribution in [0.15, 0.2) is 59.8 Å². The van der Waals surface area contributed by atoms with E-state index in [9.17, 15) is 26.4 Å². The molecular formula is C18H16F3N3O4S. The van der Waals surface area contributed by atoms with E-state index in [-0.39, 0.29) is 19.6 Å². The third-order valence-corrected chi connectivity index (χ3v) is 5.35. The van der Waals surface area contributed by atoms with E-state index in [1.165, 1.54) is 0 Å². The van der Waals surface area contributed by atoms with Gasteiger partial charge in [0.1, 0.15) is 12.3 Å². The fraction of sp³-hybridized carbons (Fsp3) is 0.222. The number of sulfonamides is 1. The molecule has 3 rings (SSSR count). The Morgan fingerprint density at radius 1 is 1.17 bits per heavy atom. The van der Waals surface area contributed by atoms with Crippen LogP contribution in [0.4, 0.5) is 13.2 Å². The van der Waals surface area contributed by atoms with Crippen molar-refractivity contribution in [3.63, 3.8) is 0 Å². The van der Waals surface area contributed by atoms with Gasteiger partial charge in [-0.2, -0.15) is 13.2 Å². The molecule has 7 nitrogen and oxygen atoms in total. The van der Waals surface area contributed by atoms with Crippen molar-refractivity contribution in [1.29, 1.82) is 0 Å². The van der Waals surface area contributed by atoms with Gasteiger partial charge in [-0.3, -0.25) is 4.79 Å². The number of pyridine rings is 1. The third-order valence-electron chi connectivity index (χ3n) is 3.89. The van der Waals surface area contributed by atoms with E-state index in [0.717, 1.165) is 18.2 Å². The van der Waals surface area contributed by atoms with Crippen LogP contribution in [0.1, 0.15) is 17.7 Å². The second-order valence-electron chi connectivity index (χ2n) is 6.03. The molecule has 11 heteroatoms. The van der Waals surface area contributed by atoms with Crippen molar-refractivity contribution in [2.24, 2.45) is 0 Å². The molecule has 0 atom stereocenters. The summed E-state index contributed by atoms with van der Waals surface area (Å²) in [6, 6.07) is 8.77. The molecule has 0 fully saturated rings. The first-order valence-corrected chi connectivity index (χ1v) is 9.89. The molecule has 0 spiro atoms.